The van der Waals surface area contributed by atoms with Crippen LogP contribution in [0, 0.1) is 0 Å². The van der Waals surface area contributed by atoms with Crippen molar-refractivity contribution in [1.29, 1.82) is 0 Å². The highest BCUT2D eigenvalue weighted by molar-refractivity contribution is 5.87. The van der Waals surface area contributed by atoms with Gasteiger partial charge in [0.05, 0.1) is 59.5 Å². The van der Waals surface area contributed by atoms with Crippen LogP contribution in [0.1, 0.15) is 20.3 Å². The number of allylic oxidation sites excluding steroid dienone is 1. The molecular weight excluding hydrogens is 304 g/mol. The summed E-state index contributed by atoms with van der Waals surface area (Å²) < 4.78 is 26.0. The zero-order valence-corrected chi connectivity index (χ0v) is 14.3. The minimum atomic E-state index is -0.280. The van der Waals surface area contributed by atoms with Gasteiger partial charge in [-0.15, -0.1) is 0 Å². The van der Waals surface area contributed by atoms with Gasteiger partial charge in [0.25, 0.3) is 0 Å². The van der Waals surface area contributed by atoms with Gasteiger partial charge < -0.3 is 28.8 Å². The van der Waals surface area contributed by atoms with Gasteiger partial charge in [-0.1, -0.05) is 6.08 Å². The lowest BCUT2D eigenvalue weighted by Gasteiger charge is -2.07. The molecular formula is C16H30O7. The Labute approximate surface area is 138 Å². The summed E-state index contributed by atoms with van der Waals surface area (Å²) in [5.41, 5.74) is 0.612. The van der Waals surface area contributed by atoms with Crippen LogP contribution >= 0.6 is 0 Å². The van der Waals surface area contributed by atoms with Gasteiger partial charge in [0.1, 0.15) is 0 Å². The monoisotopic (exact) mass is 334 g/mol. The normalized spacial score (nSPS) is 11.7. The third-order valence-corrected chi connectivity index (χ3v) is 2.77. The average Bonchev–Trinajstić information content (AvgIpc) is 2.57. The molecule has 0 amide bonds. The molecule has 1 N–H and O–H groups in total. The summed E-state index contributed by atoms with van der Waals surface area (Å²) in [5, 5.41) is 8.49. The molecule has 0 rings (SSSR count). The van der Waals surface area contributed by atoms with Crippen molar-refractivity contribution >= 4 is 5.97 Å². The molecule has 0 aliphatic heterocycles. The fraction of sp³-hybridized carbons (Fsp3) is 0.812. The first kappa shape index (κ1) is 22.0. The molecule has 0 aromatic carbocycles. The molecule has 0 spiro atoms. The topological polar surface area (TPSA) is 83.5 Å². The third-order valence-electron chi connectivity index (χ3n) is 2.77. The van der Waals surface area contributed by atoms with E-state index in [9.17, 15) is 4.79 Å². The molecule has 0 fully saturated rings. The molecule has 0 saturated carbocycles. The summed E-state index contributed by atoms with van der Waals surface area (Å²) in [6, 6.07) is 0. The quantitative estimate of drug-likeness (QED) is 0.255. The summed E-state index contributed by atoms with van der Waals surface area (Å²) in [4.78, 5) is 11.3. The van der Waals surface area contributed by atoms with Crippen molar-refractivity contribution in [1.82, 2.24) is 0 Å². The second-order valence-electron chi connectivity index (χ2n) is 4.63. The van der Waals surface area contributed by atoms with E-state index < -0.39 is 0 Å². The second-order valence-corrected chi connectivity index (χ2v) is 4.63. The molecule has 0 unspecified atom stereocenters. The van der Waals surface area contributed by atoms with Crippen LogP contribution in [0.25, 0.3) is 0 Å². The Morgan fingerprint density at radius 2 is 1.30 bits per heavy atom. The third kappa shape index (κ3) is 15.7. The largest absolute Gasteiger partial charge is 0.462 e. The molecule has 7 heteroatoms. The van der Waals surface area contributed by atoms with Crippen LogP contribution in [-0.4, -0.2) is 77.1 Å². The van der Waals surface area contributed by atoms with Gasteiger partial charge in [-0.25, -0.2) is 4.79 Å². The number of esters is 1. The van der Waals surface area contributed by atoms with Gasteiger partial charge in [-0.2, -0.15) is 0 Å². The summed E-state index contributed by atoms with van der Waals surface area (Å²) >= 11 is 0. The van der Waals surface area contributed by atoms with Crippen molar-refractivity contribution in [3.8, 4) is 0 Å². The van der Waals surface area contributed by atoms with E-state index >= 15 is 0 Å². The van der Waals surface area contributed by atoms with E-state index in [1.54, 1.807) is 19.9 Å². The Bertz CT molecular complexity index is 305. The smallest absolute Gasteiger partial charge is 0.333 e. The van der Waals surface area contributed by atoms with E-state index in [-0.39, 0.29) is 12.6 Å². The SMILES string of the molecule is CC=C(C)C(=O)OCCCOCCOCCOCCOCCO. The first-order valence-corrected chi connectivity index (χ1v) is 7.94. The first-order chi connectivity index (χ1) is 11.2. The van der Waals surface area contributed by atoms with Crippen molar-refractivity contribution in [2.45, 2.75) is 20.3 Å². The molecule has 0 saturated heterocycles. The van der Waals surface area contributed by atoms with Crippen molar-refractivity contribution < 1.29 is 33.6 Å². The first-order valence-electron chi connectivity index (χ1n) is 7.94. The number of carbonyl (C=O) groups excluding carboxylic acids is 1. The number of aliphatic hydroxyl groups excluding tert-OH is 1. The van der Waals surface area contributed by atoms with Gasteiger partial charge >= 0.3 is 5.97 Å². The van der Waals surface area contributed by atoms with E-state index in [4.69, 9.17) is 28.8 Å². The van der Waals surface area contributed by atoms with Crippen LogP contribution < -0.4 is 0 Å². The fourth-order valence-corrected chi connectivity index (χ4v) is 1.38. The van der Waals surface area contributed by atoms with Crippen LogP contribution in [-0.2, 0) is 28.5 Å². The van der Waals surface area contributed by atoms with Gasteiger partial charge in [0.2, 0.25) is 0 Å². The minimum Gasteiger partial charge on any atom is -0.462 e. The van der Waals surface area contributed by atoms with E-state index in [0.717, 1.165) is 0 Å². The number of aliphatic hydroxyl groups is 1. The zero-order chi connectivity index (χ0) is 17.2. The standard InChI is InChI=1S/C16H30O7/c1-3-15(2)16(18)23-7-4-6-19-9-11-21-13-14-22-12-10-20-8-5-17/h3,17H,4-14H2,1-2H3. The molecule has 0 heterocycles. The lowest BCUT2D eigenvalue weighted by atomic mass is 10.3. The average molecular weight is 334 g/mol. The van der Waals surface area contributed by atoms with Crippen LogP contribution in [0.5, 0.6) is 0 Å². The number of carbonyl (C=O) groups is 1. The Morgan fingerprint density at radius 3 is 1.78 bits per heavy atom. The van der Waals surface area contributed by atoms with Crippen LogP contribution in [0.3, 0.4) is 0 Å². The lowest BCUT2D eigenvalue weighted by molar-refractivity contribution is -0.139. The highest BCUT2D eigenvalue weighted by Crippen LogP contribution is 1.96. The predicted molar refractivity (Wildman–Crippen MR) is 85.4 cm³/mol. The maximum atomic E-state index is 11.3. The van der Waals surface area contributed by atoms with Crippen molar-refractivity contribution in [2.75, 3.05) is 66.1 Å². The Hall–Kier alpha value is -0.990. The molecule has 0 aromatic heterocycles. The highest BCUT2D eigenvalue weighted by atomic mass is 16.6. The fourth-order valence-electron chi connectivity index (χ4n) is 1.38. The molecule has 0 aromatic rings. The maximum Gasteiger partial charge on any atom is 0.333 e. The van der Waals surface area contributed by atoms with E-state index in [0.29, 0.717) is 71.5 Å². The molecule has 23 heavy (non-hydrogen) atoms. The zero-order valence-electron chi connectivity index (χ0n) is 14.3. The van der Waals surface area contributed by atoms with E-state index in [2.05, 4.69) is 0 Å². The summed E-state index contributed by atoms with van der Waals surface area (Å²) in [6.45, 7) is 7.76. The molecule has 0 aliphatic carbocycles. The van der Waals surface area contributed by atoms with Gasteiger partial charge in [0, 0.05) is 18.6 Å². The van der Waals surface area contributed by atoms with Crippen LogP contribution in [0.2, 0.25) is 0 Å². The molecule has 136 valence electrons. The Kier molecular flexibility index (Phi) is 16.6. The second kappa shape index (κ2) is 17.4. The number of ether oxygens (including phenoxy) is 5. The van der Waals surface area contributed by atoms with Gasteiger partial charge in [0.15, 0.2) is 0 Å². The lowest BCUT2D eigenvalue weighted by Crippen LogP contribution is -2.13. The van der Waals surface area contributed by atoms with E-state index in [1.165, 1.54) is 0 Å². The Balaban J connectivity index is 3.12. The summed E-state index contributed by atoms with van der Waals surface area (Å²) in [5.74, 6) is -0.280. The number of hydrogen-bond acceptors (Lipinski definition) is 7. The van der Waals surface area contributed by atoms with Crippen molar-refractivity contribution in [3.63, 3.8) is 0 Å². The summed E-state index contributed by atoms with van der Waals surface area (Å²) in [7, 11) is 0. The van der Waals surface area contributed by atoms with E-state index in [1.807, 2.05) is 0 Å². The molecule has 0 bridgehead atoms. The van der Waals surface area contributed by atoms with Gasteiger partial charge in [-0.3, -0.25) is 0 Å². The van der Waals surface area contributed by atoms with Gasteiger partial charge in [-0.05, 0) is 13.8 Å². The van der Waals surface area contributed by atoms with Crippen LogP contribution in [0.4, 0.5) is 0 Å². The Morgan fingerprint density at radius 1 is 0.826 bits per heavy atom. The number of hydrogen-bond donors (Lipinski definition) is 1. The maximum absolute atomic E-state index is 11.3. The molecule has 0 atom stereocenters. The van der Waals surface area contributed by atoms with Crippen molar-refractivity contribution in [3.05, 3.63) is 11.6 Å². The predicted octanol–water partition coefficient (Wildman–Crippen LogP) is 0.945. The minimum absolute atomic E-state index is 0.0287. The summed E-state index contributed by atoms with van der Waals surface area (Å²) in [6.07, 6.45) is 2.39. The molecule has 7 nitrogen and oxygen atoms in total. The number of rotatable bonds is 16. The molecule has 0 radical (unpaired) electrons. The van der Waals surface area contributed by atoms with Crippen molar-refractivity contribution in [2.24, 2.45) is 0 Å². The highest BCUT2D eigenvalue weighted by Gasteiger charge is 2.03. The van der Waals surface area contributed by atoms with Crippen LogP contribution in [0.15, 0.2) is 11.6 Å². The molecule has 0 aliphatic rings.